The Balaban J connectivity index is 1.85. The zero-order valence-electron chi connectivity index (χ0n) is 19.3. The van der Waals surface area contributed by atoms with Gasteiger partial charge in [0.1, 0.15) is 17.9 Å². The van der Waals surface area contributed by atoms with Crippen LogP contribution in [0.25, 0.3) is 22.4 Å². The van der Waals surface area contributed by atoms with Crippen LogP contribution in [0.4, 0.5) is 0 Å². The molecule has 0 unspecified atom stereocenters. The van der Waals surface area contributed by atoms with Gasteiger partial charge in [0, 0.05) is 42.3 Å². The van der Waals surface area contributed by atoms with E-state index in [4.69, 9.17) is 32.4 Å². The first kappa shape index (κ1) is 24.5. The highest BCUT2D eigenvalue weighted by Crippen LogP contribution is 2.34. The zero-order valence-corrected chi connectivity index (χ0v) is 21.8. The molecule has 178 valence electrons. The number of H-pyrrole nitrogens is 1. The van der Waals surface area contributed by atoms with E-state index in [1.807, 2.05) is 24.3 Å². The van der Waals surface area contributed by atoms with Crippen molar-refractivity contribution >= 4 is 42.4 Å². The lowest BCUT2D eigenvalue weighted by molar-refractivity contribution is 0.0848. The van der Waals surface area contributed by atoms with Gasteiger partial charge in [0.05, 0.1) is 0 Å². The molecular formula is C25H26Cl2N2O4Si. The number of nitrogens with one attached hydrogen (secondary N) is 1. The number of hydrogen-bond donors (Lipinski definition) is 1. The van der Waals surface area contributed by atoms with Crippen molar-refractivity contribution in [2.75, 3.05) is 6.61 Å². The number of halogens is 2. The van der Waals surface area contributed by atoms with Gasteiger partial charge in [-0.25, -0.2) is 9.36 Å². The summed E-state index contributed by atoms with van der Waals surface area (Å²) in [4.78, 5) is 28.1. The molecule has 2 heterocycles. The van der Waals surface area contributed by atoms with Crippen LogP contribution in [-0.4, -0.2) is 24.2 Å². The highest BCUT2D eigenvalue weighted by molar-refractivity contribution is 6.76. The molecule has 2 aromatic carbocycles. The molecule has 0 aliphatic heterocycles. The molecule has 0 aliphatic carbocycles. The molecule has 4 rings (SSSR count). The van der Waals surface area contributed by atoms with Crippen molar-refractivity contribution in [2.45, 2.75) is 38.8 Å². The summed E-state index contributed by atoms with van der Waals surface area (Å²) < 4.78 is 13.4. The van der Waals surface area contributed by atoms with Crippen molar-refractivity contribution in [3.8, 4) is 11.3 Å². The van der Waals surface area contributed by atoms with Crippen molar-refractivity contribution < 1.29 is 9.15 Å². The highest BCUT2D eigenvalue weighted by Gasteiger charge is 2.23. The molecule has 0 spiro atoms. The van der Waals surface area contributed by atoms with Crippen molar-refractivity contribution in [3.05, 3.63) is 90.5 Å². The lowest BCUT2D eigenvalue weighted by Gasteiger charge is -2.15. The largest absolute Gasteiger partial charge is 0.439 e. The lowest BCUT2D eigenvalue weighted by atomic mass is 10.00. The van der Waals surface area contributed by atoms with E-state index in [9.17, 15) is 9.59 Å². The number of aromatic amines is 1. The van der Waals surface area contributed by atoms with Crippen molar-refractivity contribution in [2.24, 2.45) is 0 Å². The Labute approximate surface area is 208 Å². The molecular weight excluding hydrogens is 491 g/mol. The van der Waals surface area contributed by atoms with Crippen molar-refractivity contribution in [3.63, 3.8) is 0 Å². The highest BCUT2D eigenvalue weighted by atomic mass is 35.5. The van der Waals surface area contributed by atoms with Crippen molar-refractivity contribution in [1.82, 2.24) is 9.55 Å². The summed E-state index contributed by atoms with van der Waals surface area (Å²) >= 11 is 12.3. The minimum Gasteiger partial charge on any atom is -0.439 e. The third-order valence-electron chi connectivity index (χ3n) is 5.52. The van der Waals surface area contributed by atoms with Crippen LogP contribution in [-0.2, 0) is 17.9 Å². The second-order valence-electron chi connectivity index (χ2n) is 9.44. The van der Waals surface area contributed by atoms with Gasteiger partial charge in [-0.3, -0.25) is 9.78 Å². The fourth-order valence-electron chi connectivity index (χ4n) is 3.68. The second kappa shape index (κ2) is 9.96. The molecule has 0 bridgehead atoms. The molecule has 1 N–H and O–H groups in total. The van der Waals surface area contributed by atoms with Gasteiger partial charge in [-0.15, -0.1) is 0 Å². The first-order chi connectivity index (χ1) is 16.1. The standard InChI is InChI=1S/C25H26Cl2N2O4Si/c1-34(2,3)12-11-32-15-29-24-21(23(30)28-25(29)31)20(13-16-7-9-18(26)10-8-16)22(33-24)17-5-4-6-19(27)14-17/h4-10,14H,11-13,15H2,1-3H3,(H,28,30,31). The van der Waals surface area contributed by atoms with Gasteiger partial charge in [0.15, 0.2) is 0 Å². The lowest BCUT2D eigenvalue weighted by Crippen LogP contribution is -2.31. The minimum atomic E-state index is -1.29. The van der Waals surface area contributed by atoms with Crippen LogP contribution in [0, 0.1) is 0 Å². The topological polar surface area (TPSA) is 77.2 Å². The molecule has 6 nitrogen and oxygen atoms in total. The van der Waals surface area contributed by atoms with E-state index >= 15 is 0 Å². The van der Waals surface area contributed by atoms with Gasteiger partial charge >= 0.3 is 5.69 Å². The van der Waals surface area contributed by atoms with Crippen LogP contribution in [0.15, 0.2) is 62.5 Å². The number of aromatic nitrogens is 2. The summed E-state index contributed by atoms with van der Waals surface area (Å²) in [7, 11) is -1.29. The molecule has 34 heavy (non-hydrogen) atoms. The van der Waals surface area contributed by atoms with E-state index < -0.39 is 19.3 Å². The van der Waals surface area contributed by atoms with Crippen LogP contribution in [0.1, 0.15) is 11.1 Å². The fraction of sp³-hybridized carbons (Fsp3) is 0.280. The summed E-state index contributed by atoms with van der Waals surface area (Å²) in [6, 6.07) is 15.5. The van der Waals surface area contributed by atoms with Crippen LogP contribution in [0.3, 0.4) is 0 Å². The Morgan fingerprint density at radius 1 is 1.03 bits per heavy atom. The molecule has 2 aromatic heterocycles. The van der Waals surface area contributed by atoms with Gasteiger partial charge in [-0.05, 0) is 35.9 Å². The van der Waals surface area contributed by atoms with E-state index in [2.05, 4.69) is 24.6 Å². The predicted molar refractivity (Wildman–Crippen MR) is 140 cm³/mol. The number of furan rings is 1. The van der Waals surface area contributed by atoms with E-state index in [0.29, 0.717) is 45.3 Å². The maximum absolute atomic E-state index is 13.0. The minimum absolute atomic E-state index is 0.0144. The van der Waals surface area contributed by atoms with Crippen LogP contribution in [0.5, 0.6) is 0 Å². The smallest absolute Gasteiger partial charge is 0.333 e. The van der Waals surface area contributed by atoms with E-state index in [1.54, 1.807) is 24.3 Å². The van der Waals surface area contributed by atoms with Gasteiger partial charge in [-0.1, -0.05) is 67.1 Å². The Hall–Kier alpha value is -2.58. The van der Waals surface area contributed by atoms with Gasteiger partial charge in [-0.2, -0.15) is 0 Å². The van der Waals surface area contributed by atoms with Gasteiger partial charge < -0.3 is 9.15 Å². The van der Waals surface area contributed by atoms with Crippen molar-refractivity contribution in [1.29, 1.82) is 0 Å². The SMILES string of the molecule is C[Si](C)(C)CCOCn1c(=O)[nH]c(=O)c2c(Cc3ccc(Cl)cc3)c(-c3cccc(Cl)c3)oc21. The molecule has 0 amide bonds. The average Bonchev–Trinajstić information content (AvgIpc) is 3.13. The van der Waals surface area contributed by atoms with E-state index in [0.717, 1.165) is 11.6 Å². The third-order valence-corrected chi connectivity index (χ3v) is 7.72. The second-order valence-corrected chi connectivity index (χ2v) is 15.9. The average molecular weight is 517 g/mol. The maximum Gasteiger partial charge on any atom is 0.333 e. The summed E-state index contributed by atoms with van der Waals surface area (Å²) in [5.41, 5.74) is 1.43. The molecule has 0 radical (unpaired) electrons. The predicted octanol–water partition coefficient (Wildman–Crippen LogP) is 6.16. The number of hydrogen-bond acceptors (Lipinski definition) is 4. The number of nitrogens with zero attached hydrogens (tertiary/aromatic N) is 1. The Morgan fingerprint density at radius 3 is 2.44 bits per heavy atom. The monoisotopic (exact) mass is 516 g/mol. The summed E-state index contributed by atoms with van der Waals surface area (Å²) in [5, 5.41) is 1.48. The van der Waals surface area contributed by atoms with Crippen LogP contribution in [0.2, 0.25) is 35.7 Å². The molecule has 0 saturated carbocycles. The summed E-state index contributed by atoms with van der Waals surface area (Å²) in [6.07, 6.45) is 0.407. The molecule has 4 aromatic rings. The molecule has 0 saturated heterocycles. The number of fused-ring (bicyclic) bond motifs is 1. The summed E-state index contributed by atoms with van der Waals surface area (Å²) in [6.45, 7) is 7.29. The number of ether oxygens (including phenoxy) is 1. The van der Waals surface area contributed by atoms with Gasteiger partial charge in [0.25, 0.3) is 5.56 Å². The number of benzene rings is 2. The number of rotatable bonds is 8. The normalized spacial score (nSPS) is 11.9. The maximum atomic E-state index is 13.0. The summed E-state index contributed by atoms with van der Waals surface area (Å²) in [5.74, 6) is 0.486. The van der Waals surface area contributed by atoms with Gasteiger partial charge in [0.2, 0.25) is 5.71 Å². The van der Waals surface area contributed by atoms with E-state index in [1.165, 1.54) is 4.57 Å². The first-order valence-corrected chi connectivity index (χ1v) is 15.5. The molecule has 0 atom stereocenters. The third kappa shape index (κ3) is 5.55. The molecule has 0 aliphatic rings. The first-order valence-electron chi connectivity index (χ1n) is 11.0. The molecule has 9 heteroatoms. The molecule has 0 fully saturated rings. The van der Waals surface area contributed by atoms with Crippen LogP contribution < -0.4 is 11.2 Å². The zero-order chi connectivity index (χ0) is 24.5. The quantitative estimate of drug-likeness (QED) is 0.224. The Bertz CT molecular complexity index is 1430. The van der Waals surface area contributed by atoms with E-state index in [-0.39, 0.29) is 12.4 Å². The Kier molecular flexibility index (Phi) is 7.19. The fourth-order valence-corrected chi connectivity index (χ4v) is 4.76. The Morgan fingerprint density at radius 2 is 1.76 bits per heavy atom. The van der Waals surface area contributed by atoms with Crippen LogP contribution >= 0.6 is 23.2 Å².